The maximum atomic E-state index is 14.5. The van der Waals surface area contributed by atoms with Gasteiger partial charge in [0.1, 0.15) is 18.0 Å². The van der Waals surface area contributed by atoms with Crippen LogP contribution >= 0.6 is 0 Å². The van der Waals surface area contributed by atoms with Gasteiger partial charge in [0.05, 0.1) is 6.42 Å². The van der Waals surface area contributed by atoms with Gasteiger partial charge in [0.15, 0.2) is 0 Å². The van der Waals surface area contributed by atoms with Crippen molar-refractivity contribution in [2.24, 2.45) is 11.7 Å². The molecule has 0 radical (unpaired) electrons. The molecule has 0 saturated carbocycles. The Morgan fingerprint density at radius 3 is 2.41 bits per heavy atom. The third kappa shape index (κ3) is 4.01. The number of fused-ring (bicyclic) bond motifs is 1. The van der Waals surface area contributed by atoms with Gasteiger partial charge in [-0.1, -0.05) is 50.2 Å². The van der Waals surface area contributed by atoms with Crippen molar-refractivity contribution in [2.45, 2.75) is 32.5 Å². The summed E-state index contributed by atoms with van der Waals surface area (Å²) in [5.41, 5.74) is 7.00. The van der Waals surface area contributed by atoms with Crippen LogP contribution in [0.25, 0.3) is 0 Å². The zero-order chi connectivity index (χ0) is 19.6. The Morgan fingerprint density at radius 2 is 1.78 bits per heavy atom. The van der Waals surface area contributed by atoms with Crippen molar-refractivity contribution >= 4 is 17.5 Å². The number of ether oxygens (including phenoxy) is 1. The second-order valence-electron chi connectivity index (χ2n) is 7.10. The molecule has 1 aliphatic rings. The summed E-state index contributed by atoms with van der Waals surface area (Å²) < 4.78 is 20.5. The second-order valence-corrected chi connectivity index (χ2v) is 7.10. The summed E-state index contributed by atoms with van der Waals surface area (Å²) in [6.45, 7) is 4.45. The number of primary amides is 1. The van der Waals surface area contributed by atoms with Crippen LogP contribution in [-0.2, 0) is 14.3 Å². The van der Waals surface area contributed by atoms with Gasteiger partial charge in [0.2, 0.25) is 5.91 Å². The largest absolute Gasteiger partial charge is 0.370 e. The molecular formula is C21H23FN2O3. The quantitative estimate of drug-likeness (QED) is 0.879. The number of carbonyl (C=O) groups excluding carboxylic acids is 2. The van der Waals surface area contributed by atoms with Crippen LogP contribution in [0.5, 0.6) is 0 Å². The van der Waals surface area contributed by atoms with Gasteiger partial charge in [-0.3, -0.25) is 9.59 Å². The Labute approximate surface area is 157 Å². The van der Waals surface area contributed by atoms with E-state index in [0.29, 0.717) is 23.4 Å². The fourth-order valence-electron chi connectivity index (χ4n) is 3.34. The molecule has 0 fully saturated rings. The van der Waals surface area contributed by atoms with Gasteiger partial charge in [0, 0.05) is 23.4 Å². The number of rotatable bonds is 5. The average Bonchev–Trinajstić information content (AvgIpc) is 2.72. The van der Waals surface area contributed by atoms with E-state index in [1.165, 1.54) is 6.07 Å². The van der Waals surface area contributed by atoms with Crippen molar-refractivity contribution in [2.75, 3.05) is 11.4 Å². The molecule has 142 valence electrons. The lowest BCUT2D eigenvalue weighted by Crippen LogP contribution is -2.43. The molecule has 2 atom stereocenters. The Bertz CT molecular complexity index is 853. The van der Waals surface area contributed by atoms with Crippen molar-refractivity contribution in [3.05, 3.63) is 65.5 Å². The number of anilines is 1. The minimum atomic E-state index is -1.07. The van der Waals surface area contributed by atoms with Crippen molar-refractivity contribution in [3.63, 3.8) is 0 Å². The zero-order valence-electron chi connectivity index (χ0n) is 15.4. The van der Waals surface area contributed by atoms with E-state index >= 15 is 0 Å². The summed E-state index contributed by atoms with van der Waals surface area (Å²) in [6.07, 6.45) is -2.14. The number of hydrogen-bond acceptors (Lipinski definition) is 3. The van der Waals surface area contributed by atoms with Crippen LogP contribution in [0.15, 0.2) is 48.5 Å². The molecular weight excluding hydrogens is 347 g/mol. The molecule has 0 saturated heterocycles. The van der Waals surface area contributed by atoms with E-state index in [0.717, 1.165) is 0 Å². The van der Waals surface area contributed by atoms with Gasteiger partial charge >= 0.3 is 0 Å². The summed E-state index contributed by atoms with van der Waals surface area (Å²) in [4.78, 5) is 26.3. The van der Waals surface area contributed by atoms with Gasteiger partial charge in [-0.15, -0.1) is 0 Å². The van der Waals surface area contributed by atoms with Crippen LogP contribution in [-0.4, -0.2) is 24.5 Å². The first-order valence-corrected chi connectivity index (χ1v) is 8.97. The highest BCUT2D eigenvalue weighted by Gasteiger charge is 2.37. The van der Waals surface area contributed by atoms with Crippen LogP contribution < -0.4 is 10.6 Å². The minimum Gasteiger partial charge on any atom is -0.370 e. The molecule has 1 aliphatic heterocycles. The van der Waals surface area contributed by atoms with E-state index < -0.39 is 23.9 Å². The lowest BCUT2D eigenvalue weighted by atomic mass is 9.98. The van der Waals surface area contributed by atoms with E-state index in [-0.39, 0.29) is 18.2 Å². The predicted molar refractivity (Wildman–Crippen MR) is 101 cm³/mol. The third-order valence-corrected chi connectivity index (χ3v) is 4.47. The van der Waals surface area contributed by atoms with Crippen LogP contribution in [0.2, 0.25) is 0 Å². The summed E-state index contributed by atoms with van der Waals surface area (Å²) in [5, 5.41) is 0. The molecule has 0 spiro atoms. The van der Waals surface area contributed by atoms with Gasteiger partial charge in [-0.2, -0.15) is 0 Å². The number of hydrogen-bond donors (Lipinski definition) is 1. The Hall–Kier alpha value is -2.73. The Balaban J connectivity index is 2.16. The van der Waals surface area contributed by atoms with Gasteiger partial charge in [-0.25, -0.2) is 4.39 Å². The molecule has 0 bridgehead atoms. The normalized spacial score (nSPS) is 19.7. The summed E-state index contributed by atoms with van der Waals surface area (Å²) in [6, 6.07) is 13.6. The lowest BCUT2D eigenvalue weighted by molar-refractivity contribution is -0.137. The fraction of sp³-hybridized carbons (Fsp3) is 0.333. The highest BCUT2D eigenvalue weighted by molar-refractivity contribution is 6.00. The van der Waals surface area contributed by atoms with E-state index in [2.05, 4.69) is 0 Å². The lowest BCUT2D eigenvalue weighted by Gasteiger charge is -2.26. The zero-order valence-corrected chi connectivity index (χ0v) is 15.4. The third-order valence-electron chi connectivity index (χ3n) is 4.47. The molecule has 2 amide bonds. The number of halogens is 1. The number of benzene rings is 2. The summed E-state index contributed by atoms with van der Waals surface area (Å²) in [7, 11) is 0. The topological polar surface area (TPSA) is 72.6 Å². The molecule has 5 nitrogen and oxygen atoms in total. The van der Waals surface area contributed by atoms with Crippen LogP contribution in [0.1, 0.15) is 37.5 Å². The molecule has 3 rings (SSSR count). The average molecular weight is 370 g/mol. The van der Waals surface area contributed by atoms with Crippen molar-refractivity contribution in [3.8, 4) is 0 Å². The highest BCUT2D eigenvalue weighted by Crippen LogP contribution is 2.39. The predicted octanol–water partition coefficient (Wildman–Crippen LogP) is 3.18. The maximum absolute atomic E-state index is 14.5. The number of nitrogens with two attached hydrogens (primary N) is 1. The van der Waals surface area contributed by atoms with E-state index in [1.54, 1.807) is 23.1 Å². The molecule has 1 heterocycles. The molecule has 27 heavy (non-hydrogen) atoms. The molecule has 2 aromatic rings. The van der Waals surface area contributed by atoms with E-state index in [9.17, 15) is 14.0 Å². The smallest absolute Gasteiger partial charge is 0.256 e. The molecule has 2 N–H and O–H groups in total. The maximum Gasteiger partial charge on any atom is 0.256 e. The Kier molecular flexibility index (Phi) is 5.56. The van der Waals surface area contributed by atoms with Gasteiger partial charge in [0.25, 0.3) is 5.91 Å². The van der Waals surface area contributed by atoms with E-state index in [1.807, 2.05) is 38.1 Å². The standard InChI is InChI=1S/C21H23FN2O3/c1-13(2)12-24-17-10-6-4-8-15(17)20(14-7-3-5-9-16(14)22)27-18(21(24)26)11-19(23)25/h3-10,13,18,20H,11-12H2,1-2H3,(H2,23,25). The minimum absolute atomic E-state index is 0.196. The second kappa shape index (κ2) is 7.88. The number of amides is 2. The number of carbonyl (C=O) groups is 2. The first kappa shape index (κ1) is 19.0. The van der Waals surface area contributed by atoms with Crippen LogP contribution in [0, 0.1) is 11.7 Å². The number of nitrogens with zero attached hydrogens (tertiary/aromatic N) is 1. The van der Waals surface area contributed by atoms with Crippen LogP contribution in [0.4, 0.5) is 10.1 Å². The van der Waals surface area contributed by atoms with Gasteiger partial charge < -0.3 is 15.4 Å². The molecule has 2 unspecified atom stereocenters. The first-order valence-electron chi connectivity index (χ1n) is 8.97. The molecule has 6 heteroatoms. The SMILES string of the molecule is CC(C)CN1C(=O)C(CC(N)=O)OC(c2ccccc2F)c2ccccc21. The summed E-state index contributed by atoms with van der Waals surface area (Å²) >= 11 is 0. The Morgan fingerprint density at radius 1 is 1.15 bits per heavy atom. The van der Waals surface area contributed by atoms with Crippen molar-refractivity contribution in [1.82, 2.24) is 0 Å². The summed E-state index contributed by atoms with van der Waals surface area (Å²) in [5.74, 6) is -1.22. The number of para-hydroxylation sites is 1. The highest BCUT2D eigenvalue weighted by atomic mass is 19.1. The first-order chi connectivity index (χ1) is 12.9. The molecule has 0 aromatic heterocycles. The monoisotopic (exact) mass is 370 g/mol. The van der Waals surface area contributed by atoms with Gasteiger partial charge in [-0.05, 0) is 18.1 Å². The molecule has 0 aliphatic carbocycles. The van der Waals surface area contributed by atoms with Crippen LogP contribution in [0.3, 0.4) is 0 Å². The fourth-order valence-corrected chi connectivity index (χ4v) is 3.34. The van der Waals surface area contributed by atoms with Crippen molar-refractivity contribution in [1.29, 1.82) is 0 Å². The molecule has 2 aromatic carbocycles. The van der Waals surface area contributed by atoms with Crippen molar-refractivity contribution < 1.29 is 18.7 Å². The van der Waals surface area contributed by atoms with E-state index in [4.69, 9.17) is 10.5 Å².